The average Bonchev–Trinajstić information content (AvgIpc) is 2.99. The first kappa shape index (κ1) is 15.2. The Balaban J connectivity index is 1.91. The summed E-state index contributed by atoms with van der Waals surface area (Å²) >= 11 is 0. The molecule has 1 amide bonds. The summed E-state index contributed by atoms with van der Waals surface area (Å²) in [5, 5.41) is 3.03. The number of methoxy groups -OCH3 is 1. The van der Waals surface area contributed by atoms with Gasteiger partial charge in [-0.2, -0.15) is 0 Å². The van der Waals surface area contributed by atoms with E-state index in [9.17, 15) is 4.79 Å². The standard InChI is InChI=1S/C17H21NO3/c1-12(15-4-6-16(20-3)7-5-15)13(2)18-17(19)10-14-8-9-21-11-14/h4-9,11-13H,10H2,1-3H3,(H,18,19). The minimum absolute atomic E-state index is 0.00395. The van der Waals surface area contributed by atoms with E-state index in [0.29, 0.717) is 6.42 Å². The third-order valence-electron chi connectivity index (χ3n) is 3.73. The molecule has 0 saturated heterocycles. The van der Waals surface area contributed by atoms with E-state index >= 15 is 0 Å². The minimum Gasteiger partial charge on any atom is -0.497 e. The lowest BCUT2D eigenvalue weighted by atomic mass is 9.94. The van der Waals surface area contributed by atoms with Gasteiger partial charge < -0.3 is 14.5 Å². The predicted octanol–water partition coefficient (Wildman–Crippen LogP) is 3.14. The molecule has 0 saturated carbocycles. The monoisotopic (exact) mass is 287 g/mol. The van der Waals surface area contributed by atoms with Gasteiger partial charge in [0.05, 0.1) is 26.1 Å². The molecule has 1 heterocycles. The molecule has 21 heavy (non-hydrogen) atoms. The molecule has 0 spiro atoms. The van der Waals surface area contributed by atoms with E-state index in [4.69, 9.17) is 9.15 Å². The number of hydrogen-bond acceptors (Lipinski definition) is 3. The Hall–Kier alpha value is -2.23. The summed E-state index contributed by atoms with van der Waals surface area (Å²) in [7, 11) is 1.65. The van der Waals surface area contributed by atoms with Gasteiger partial charge in [0.2, 0.25) is 5.91 Å². The van der Waals surface area contributed by atoms with Gasteiger partial charge in [-0.25, -0.2) is 0 Å². The molecule has 2 rings (SSSR count). The van der Waals surface area contributed by atoms with Gasteiger partial charge in [0.25, 0.3) is 0 Å². The van der Waals surface area contributed by atoms with E-state index in [1.54, 1.807) is 25.7 Å². The summed E-state index contributed by atoms with van der Waals surface area (Å²) in [4.78, 5) is 12.0. The van der Waals surface area contributed by atoms with Crippen LogP contribution in [0.3, 0.4) is 0 Å². The summed E-state index contributed by atoms with van der Waals surface area (Å²) in [6.07, 6.45) is 3.51. The van der Waals surface area contributed by atoms with Crippen molar-refractivity contribution in [2.75, 3.05) is 7.11 Å². The summed E-state index contributed by atoms with van der Waals surface area (Å²) in [6, 6.07) is 9.79. The van der Waals surface area contributed by atoms with Crippen LogP contribution in [0.5, 0.6) is 5.75 Å². The van der Waals surface area contributed by atoms with Crippen molar-refractivity contribution in [3.05, 3.63) is 54.0 Å². The second-order valence-electron chi connectivity index (χ2n) is 5.23. The smallest absolute Gasteiger partial charge is 0.224 e. The largest absolute Gasteiger partial charge is 0.497 e. The fourth-order valence-electron chi connectivity index (χ4n) is 2.20. The Morgan fingerprint density at radius 2 is 1.95 bits per heavy atom. The zero-order valence-electron chi connectivity index (χ0n) is 12.6. The number of amides is 1. The van der Waals surface area contributed by atoms with Gasteiger partial charge in [0, 0.05) is 12.0 Å². The molecule has 2 unspecified atom stereocenters. The van der Waals surface area contributed by atoms with Crippen molar-refractivity contribution in [1.29, 1.82) is 0 Å². The highest BCUT2D eigenvalue weighted by atomic mass is 16.5. The molecule has 0 radical (unpaired) electrons. The first-order chi connectivity index (χ1) is 10.1. The number of carbonyl (C=O) groups is 1. The highest BCUT2D eigenvalue weighted by molar-refractivity contribution is 5.78. The molecule has 0 aliphatic carbocycles. The van der Waals surface area contributed by atoms with Crippen LogP contribution < -0.4 is 10.1 Å². The molecule has 0 aliphatic rings. The van der Waals surface area contributed by atoms with E-state index in [1.165, 1.54) is 5.56 Å². The lowest BCUT2D eigenvalue weighted by Gasteiger charge is -2.22. The lowest BCUT2D eigenvalue weighted by Crippen LogP contribution is -2.37. The zero-order chi connectivity index (χ0) is 15.2. The van der Waals surface area contributed by atoms with Gasteiger partial charge in [-0.1, -0.05) is 19.1 Å². The van der Waals surface area contributed by atoms with E-state index < -0.39 is 0 Å². The Morgan fingerprint density at radius 3 is 2.52 bits per heavy atom. The highest BCUT2D eigenvalue weighted by Gasteiger charge is 2.17. The lowest BCUT2D eigenvalue weighted by molar-refractivity contribution is -0.121. The molecule has 2 aromatic rings. The number of furan rings is 1. The van der Waals surface area contributed by atoms with Crippen LogP contribution in [0.4, 0.5) is 0 Å². The summed E-state index contributed by atoms with van der Waals surface area (Å²) < 4.78 is 10.1. The van der Waals surface area contributed by atoms with Crippen LogP contribution >= 0.6 is 0 Å². The van der Waals surface area contributed by atoms with E-state index in [1.807, 2.05) is 31.2 Å². The molecule has 0 aliphatic heterocycles. The molecule has 1 aromatic carbocycles. The Labute approximate surface area is 125 Å². The topological polar surface area (TPSA) is 51.5 Å². The highest BCUT2D eigenvalue weighted by Crippen LogP contribution is 2.22. The van der Waals surface area contributed by atoms with Gasteiger partial charge in [-0.3, -0.25) is 4.79 Å². The number of rotatable bonds is 6. The number of hydrogen-bond donors (Lipinski definition) is 1. The molecule has 0 fully saturated rings. The molecular weight excluding hydrogens is 266 g/mol. The maximum Gasteiger partial charge on any atom is 0.224 e. The zero-order valence-corrected chi connectivity index (χ0v) is 12.6. The normalized spacial score (nSPS) is 13.5. The van der Waals surface area contributed by atoms with E-state index in [0.717, 1.165) is 11.3 Å². The Kier molecular flexibility index (Phi) is 5.04. The first-order valence-electron chi connectivity index (χ1n) is 7.04. The van der Waals surface area contributed by atoms with Gasteiger partial charge >= 0.3 is 0 Å². The van der Waals surface area contributed by atoms with Crippen LogP contribution in [0.1, 0.15) is 30.9 Å². The quantitative estimate of drug-likeness (QED) is 0.888. The van der Waals surface area contributed by atoms with E-state index in [2.05, 4.69) is 12.2 Å². The molecule has 4 heteroatoms. The second-order valence-corrected chi connectivity index (χ2v) is 5.23. The van der Waals surface area contributed by atoms with Gasteiger partial charge in [-0.15, -0.1) is 0 Å². The molecular formula is C17H21NO3. The molecule has 112 valence electrons. The fourth-order valence-corrected chi connectivity index (χ4v) is 2.20. The van der Waals surface area contributed by atoms with Crippen molar-refractivity contribution in [3.63, 3.8) is 0 Å². The number of benzene rings is 1. The number of carbonyl (C=O) groups excluding carboxylic acids is 1. The maximum absolute atomic E-state index is 12.0. The van der Waals surface area contributed by atoms with Crippen LogP contribution in [0.25, 0.3) is 0 Å². The third-order valence-corrected chi connectivity index (χ3v) is 3.73. The fraction of sp³-hybridized carbons (Fsp3) is 0.353. The van der Waals surface area contributed by atoms with Crippen molar-refractivity contribution in [3.8, 4) is 5.75 Å². The molecule has 1 N–H and O–H groups in total. The second kappa shape index (κ2) is 6.97. The molecule has 4 nitrogen and oxygen atoms in total. The number of ether oxygens (including phenoxy) is 1. The summed E-state index contributed by atoms with van der Waals surface area (Å²) in [5.41, 5.74) is 2.06. The van der Waals surface area contributed by atoms with Crippen LogP contribution in [0.15, 0.2) is 47.3 Å². The Bertz CT molecular complexity index is 560. The maximum atomic E-state index is 12.0. The van der Waals surface area contributed by atoms with Crippen LogP contribution in [0.2, 0.25) is 0 Å². The first-order valence-corrected chi connectivity index (χ1v) is 7.04. The van der Waals surface area contributed by atoms with Crippen molar-refractivity contribution in [1.82, 2.24) is 5.32 Å². The summed E-state index contributed by atoms with van der Waals surface area (Å²) in [5.74, 6) is 1.07. The SMILES string of the molecule is COc1ccc(C(C)C(C)NC(=O)Cc2ccoc2)cc1. The van der Waals surface area contributed by atoms with Crippen LogP contribution in [0, 0.1) is 0 Å². The van der Waals surface area contributed by atoms with E-state index in [-0.39, 0.29) is 17.9 Å². The van der Waals surface area contributed by atoms with Gasteiger partial charge in [-0.05, 0) is 36.2 Å². The molecule has 0 bridgehead atoms. The Morgan fingerprint density at radius 1 is 1.24 bits per heavy atom. The predicted molar refractivity (Wildman–Crippen MR) is 81.4 cm³/mol. The van der Waals surface area contributed by atoms with Crippen molar-refractivity contribution in [2.24, 2.45) is 0 Å². The third kappa shape index (κ3) is 4.12. The summed E-state index contributed by atoms with van der Waals surface area (Å²) in [6.45, 7) is 4.12. The van der Waals surface area contributed by atoms with Gasteiger partial charge in [0.1, 0.15) is 5.75 Å². The van der Waals surface area contributed by atoms with Crippen molar-refractivity contribution >= 4 is 5.91 Å². The van der Waals surface area contributed by atoms with Crippen molar-refractivity contribution in [2.45, 2.75) is 32.2 Å². The molecule has 2 atom stereocenters. The minimum atomic E-state index is 0.00395. The number of nitrogens with one attached hydrogen (secondary N) is 1. The molecule has 1 aromatic heterocycles. The van der Waals surface area contributed by atoms with Gasteiger partial charge in [0.15, 0.2) is 0 Å². The average molecular weight is 287 g/mol. The van der Waals surface area contributed by atoms with Crippen LogP contribution in [-0.4, -0.2) is 19.1 Å². The van der Waals surface area contributed by atoms with Crippen LogP contribution in [-0.2, 0) is 11.2 Å². The van der Waals surface area contributed by atoms with Crippen molar-refractivity contribution < 1.29 is 13.9 Å².